The van der Waals surface area contributed by atoms with Gasteiger partial charge in [-0.2, -0.15) is 0 Å². The number of nitrogens with two attached hydrogens (primary N) is 1. The summed E-state index contributed by atoms with van der Waals surface area (Å²) in [4.78, 5) is 18.0. The zero-order valence-corrected chi connectivity index (χ0v) is 17.5. The molecule has 0 bridgehead atoms. The van der Waals surface area contributed by atoms with E-state index in [0.717, 1.165) is 16.2 Å². The largest absolute Gasteiger partial charge is 0.489 e. The number of carbonyl (C=O) groups excluding carboxylic acids is 1. The Balaban J connectivity index is 1.60. The number of benzene rings is 2. The van der Waals surface area contributed by atoms with Gasteiger partial charge >= 0.3 is 5.97 Å². The van der Waals surface area contributed by atoms with Crippen molar-refractivity contribution in [2.45, 2.75) is 32.8 Å². The Morgan fingerprint density at radius 2 is 1.83 bits per heavy atom. The summed E-state index contributed by atoms with van der Waals surface area (Å²) in [7, 11) is 0. The second-order valence-electron chi connectivity index (χ2n) is 7.60. The number of oxime groups is 1. The van der Waals surface area contributed by atoms with Gasteiger partial charge in [0.1, 0.15) is 12.4 Å². The minimum Gasteiger partial charge on any atom is -0.489 e. The smallest absolute Gasteiger partial charge is 0.365 e. The SMILES string of the molecule is CC(C)(C)c1ccc(OCc2cccc(C(=O)O/N=C(\N)c3cccs3)c2)cc1. The Morgan fingerprint density at radius 3 is 2.48 bits per heavy atom. The molecule has 0 saturated carbocycles. The van der Waals surface area contributed by atoms with Crippen LogP contribution in [0.3, 0.4) is 0 Å². The molecule has 3 aromatic rings. The molecule has 150 valence electrons. The van der Waals surface area contributed by atoms with E-state index in [9.17, 15) is 4.79 Å². The lowest BCUT2D eigenvalue weighted by molar-refractivity contribution is 0.0516. The zero-order valence-electron chi connectivity index (χ0n) is 16.7. The maximum atomic E-state index is 12.3. The van der Waals surface area contributed by atoms with Crippen LogP contribution in [0, 0.1) is 0 Å². The van der Waals surface area contributed by atoms with Crippen LogP contribution in [0.4, 0.5) is 0 Å². The molecule has 0 amide bonds. The van der Waals surface area contributed by atoms with Crippen molar-refractivity contribution >= 4 is 23.1 Å². The molecule has 29 heavy (non-hydrogen) atoms. The van der Waals surface area contributed by atoms with Gasteiger partial charge in [0.15, 0.2) is 5.84 Å². The summed E-state index contributed by atoms with van der Waals surface area (Å²) in [6.45, 7) is 6.86. The molecule has 5 nitrogen and oxygen atoms in total. The Morgan fingerprint density at radius 1 is 1.07 bits per heavy atom. The second-order valence-corrected chi connectivity index (χ2v) is 8.54. The predicted molar refractivity (Wildman–Crippen MR) is 116 cm³/mol. The Hall–Kier alpha value is -3.12. The topological polar surface area (TPSA) is 73.9 Å². The van der Waals surface area contributed by atoms with Crippen LogP contribution in [-0.4, -0.2) is 11.8 Å². The van der Waals surface area contributed by atoms with Crippen molar-refractivity contribution < 1.29 is 14.4 Å². The summed E-state index contributed by atoms with van der Waals surface area (Å²) in [5.74, 6) is 0.381. The zero-order chi connectivity index (χ0) is 20.9. The van der Waals surface area contributed by atoms with Crippen LogP contribution in [-0.2, 0) is 16.9 Å². The van der Waals surface area contributed by atoms with Gasteiger partial charge in [-0.3, -0.25) is 0 Å². The van der Waals surface area contributed by atoms with Crippen LogP contribution >= 0.6 is 11.3 Å². The summed E-state index contributed by atoms with van der Waals surface area (Å²) in [6.07, 6.45) is 0. The van der Waals surface area contributed by atoms with Crippen molar-refractivity contribution in [3.05, 3.63) is 87.6 Å². The van der Waals surface area contributed by atoms with Crippen molar-refractivity contribution in [1.82, 2.24) is 0 Å². The van der Waals surface area contributed by atoms with E-state index in [2.05, 4.69) is 38.1 Å². The molecular formula is C23H24N2O3S. The molecule has 0 unspecified atom stereocenters. The van der Waals surface area contributed by atoms with Crippen LogP contribution in [0.2, 0.25) is 0 Å². The highest BCUT2D eigenvalue weighted by atomic mass is 32.1. The Labute approximate surface area is 174 Å². The normalized spacial score (nSPS) is 11.9. The molecule has 0 aliphatic carbocycles. The molecule has 0 saturated heterocycles. The van der Waals surface area contributed by atoms with E-state index in [1.807, 2.05) is 35.7 Å². The van der Waals surface area contributed by atoms with Gasteiger partial charge in [-0.25, -0.2) is 4.79 Å². The minimum atomic E-state index is -0.569. The van der Waals surface area contributed by atoms with E-state index in [1.165, 1.54) is 16.9 Å². The van der Waals surface area contributed by atoms with Gasteiger partial charge in [0, 0.05) is 0 Å². The maximum Gasteiger partial charge on any atom is 0.365 e. The third-order valence-electron chi connectivity index (χ3n) is 4.29. The van der Waals surface area contributed by atoms with Crippen molar-refractivity contribution in [2.24, 2.45) is 10.9 Å². The van der Waals surface area contributed by atoms with Gasteiger partial charge in [0.05, 0.1) is 10.4 Å². The molecule has 0 aliphatic rings. The first kappa shape index (κ1) is 20.6. The molecule has 0 atom stereocenters. The lowest BCUT2D eigenvalue weighted by Gasteiger charge is -2.19. The number of hydrogen-bond donors (Lipinski definition) is 1. The summed E-state index contributed by atoms with van der Waals surface area (Å²) in [5, 5.41) is 5.59. The first-order chi connectivity index (χ1) is 13.8. The lowest BCUT2D eigenvalue weighted by atomic mass is 9.87. The molecule has 0 fully saturated rings. The van der Waals surface area contributed by atoms with Crippen LogP contribution in [0.1, 0.15) is 47.1 Å². The number of hydrogen-bond acceptors (Lipinski definition) is 5. The van der Waals surface area contributed by atoms with E-state index in [-0.39, 0.29) is 11.3 Å². The van der Waals surface area contributed by atoms with Gasteiger partial charge in [-0.05, 0) is 52.3 Å². The number of rotatable bonds is 6. The van der Waals surface area contributed by atoms with Crippen molar-refractivity contribution in [3.63, 3.8) is 0 Å². The van der Waals surface area contributed by atoms with E-state index < -0.39 is 5.97 Å². The molecule has 0 aliphatic heterocycles. The van der Waals surface area contributed by atoms with E-state index in [4.69, 9.17) is 15.3 Å². The molecule has 2 aromatic carbocycles. The molecular weight excluding hydrogens is 384 g/mol. The van der Waals surface area contributed by atoms with E-state index in [1.54, 1.807) is 18.2 Å². The average molecular weight is 409 g/mol. The number of amidine groups is 1. The first-order valence-electron chi connectivity index (χ1n) is 9.24. The fourth-order valence-electron chi connectivity index (χ4n) is 2.62. The van der Waals surface area contributed by atoms with Crippen molar-refractivity contribution in [2.75, 3.05) is 0 Å². The van der Waals surface area contributed by atoms with Gasteiger partial charge in [0.25, 0.3) is 0 Å². The Kier molecular flexibility index (Phi) is 6.34. The first-order valence-corrected chi connectivity index (χ1v) is 10.1. The molecule has 0 radical (unpaired) electrons. The summed E-state index contributed by atoms with van der Waals surface area (Å²) >= 11 is 1.42. The molecule has 3 rings (SSSR count). The van der Waals surface area contributed by atoms with Gasteiger partial charge in [0.2, 0.25) is 0 Å². The highest BCUT2D eigenvalue weighted by Gasteiger charge is 2.13. The minimum absolute atomic E-state index is 0.0998. The summed E-state index contributed by atoms with van der Waals surface area (Å²) in [6, 6.07) is 18.8. The third-order valence-corrected chi connectivity index (χ3v) is 5.18. The van der Waals surface area contributed by atoms with Gasteiger partial charge in [-0.1, -0.05) is 56.3 Å². The molecule has 2 N–H and O–H groups in total. The summed E-state index contributed by atoms with van der Waals surface area (Å²) < 4.78 is 5.84. The predicted octanol–water partition coefficient (Wildman–Crippen LogP) is 5.10. The van der Waals surface area contributed by atoms with Gasteiger partial charge < -0.3 is 15.3 Å². The fraction of sp³-hybridized carbons (Fsp3) is 0.217. The fourth-order valence-corrected chi connectivity index (χ4v) is 3.24. The average Bonchev–Trinajstić information content (AvgIpc) is 3.25. The van der Waals surface area contributed by atoms with Crippen LogP contribution < -0.4 is 10.5 Å². The van der Waals surface area contributed by atoms with Gasteiger partial charge in [-0.15, -0.1) is 11.3 Å². The molecule has 0 spiro atoms. The standard InChI is InChI=1S/C23H24N2O3S/c1-23(2,3)18-9-11-19(12-10-18)27-15-16-6-4-7-17(14-16)22(26)28-25-21(24)20-8-5-13-29-20/h4-14H,15H2,1-3H3,(H2,24,25). The van der Waals surface area contributed by atoms with Crippen LogP contribution in [0.15, 0.2) is 71.2 Å². The van der Waals surface area contributed by atoms with Crippen LogP contribution in [0.25, 0.3) is 0 Å². The monoisotopic (exact) mass is 408 g/mol. The lowest BCUT2D eigenvalue weighted by Crippen LogP contribution is -2.13. The van der Waals surface area contributed by atoms with Crippen molar-refractivity contribution in [1.29, 1.82) is 0 Å². The second kappa shape index (κ2) is 8.92. The number of thiophene rings is 1. The Bertz CT molecular complexity index is 988. The van der Waals surface area contributed by atoms with Crippen LogP contribution in [0.5, 0.6) is 5.75 Å². The number of carbonyl (C=O) groups is 1. The highest BCUT2D eigenvalue weighted by Crippen LogP contribution is 2.24. The van der Waals surface area contributed by atoms with E-state index in [0.29, 0.717) is 12.2 Å². The highest BCUT2D eigenvalue weighted by molar-refractivity contribution is 7.12. The number of ether oxygens (including phenoxy) is 1. The molecule has 1 aromatic heterocycles. The summed E-state index contributed by atoms with van der Waals surface area (Å²) in [5.41, 5.74) is 8.40. The third kappa shape index (κ3) is 5.68. The molecule has 1 heterocycles. The number of nitrogens with zero attached hydrogens (tertiary/aromatic N) is 1. The maximum absolute atomic E-state index is 12.3. The van der Waals surface area contributed by atoms with E-state index >= 15 is 0 Å². The molecule has 6 heteroatoms. The quantitative estimate of drug-likeness (QED) is 0.266. The van der Waals surface area contributed by atoms with Crippen molar-refractivity contribution in [3.8, 4) is 5.75 Å².